The standard InChI is InChI=1S/C14H28Se/c1-4-5-6-7-8-9-10-11-12-13-14(2)15-3/h13H,4-12H2,1-3H3/b14-13-. The Balaban J connectivity index is 3.05. The average Bonchev–Trinajstić information content (AvgIpc) is 2.26. The van der Waals surface area contributed by atoms with Crippen LogP contribution in [0.4, 0.5) is 0 Å². The van der Waals surface area contributed by atoms with Crippen molar-refractivity contribution in [3.8, 4) is 0 Å². The predicted molar refractivity (Wildman–Crippen MR) is 72.6 cm³/mol. The van der Waals surface area contributed by atoms with E-state index in [0.717, 1.165) is 15.0 Å². The normalized spacial score (nSPS) is 12.1. The van der Waals surface area contributed by atoms with E-state index in [4.69, 9.17) is 0 Å². The first-order chi connectivity index (χ1) is 7.31. The zero-order chi connectivity index (χ0) is 11.4. The molecule has 90 valence electrons. The molecule has 0 unspecified atom stereocenters. The molecule has 15 heavy (non-hydrogen) atoms. The van der Waals surface area contributed by atoms with Gasteiger partial charge in [0.1, 0.15) is 0 Å². The Kier molecular flexibility index (Phi) is 12.5. The molecule has 0 rings (SSSR count). The van der Waals surface area contributed by atoms with Gasteiger partial charge in [-0.15, -0.1) is 0 Å². The van der Waals surface area contributed by atoms with Crippen molar-refractivity contribution >= 4 is 15.0 Å². The third-order valence-corrected chi connectivity index (χ3v) is 4.51. The topological polar surface area (TPSA) is 0 Å². The summed E-state index contributed by atoms with van der Waals surface area (Å²) in [6, 6.07) is 0. The molecule has 0 saturated carbocycles. The van der Waals surface area contributed by atoms with E-state index in [2.05, 4.69) is 25.7 Å². The van der Waals surface area contributed by atoms with Gasteiger partial charge in [-0.2, -0.15) is 0 Å². The summed E-state index contributed by atoms with van der Waals surface area (Å²) >= 11 is 0.736. The van der Waals surface area contributed by atoms with Gasteiger partial charge in [0.05, 0.1) is 0 Å². The van der Waals surface area contributed by atoms with Crippen LogP contribution in [0.1, 0.15) is 71.6 Å². The second-order valence-corrected chi connectivity index (χ2v) is 6.49. The van der Waals surface area contributed by atoms with E-state index in [0.29, 0.717) is 0 Å². The van der Waals surface area contributed by atoms with Crippen molar-refractivity contribution in [3.63, 3.8) is 0 Å². The molecule has 0 bridgehead atoms. The number of rotatable bonds is 10. The van der Waals surface area contributed by atoms with Gasteiger partial charge in [-0.25, -0.2) is 0 Å². The molecule has 1 heteroatoms. The molecule has 0 amide bonds. The van der Waals surface area contributed by atoms with Gasteiger partial charge in [0.15, 0.2) is 0 Å². The molecule has 0 aromatic rings. The zero-order valence-corrected chi connectivity index (χ0v) is 12.6. The van der Waals surface area contributed by atoms with Crippen molar-refractivity contribution < 1.29 is 0 Å². The Morgan fingerprint density at radius 3 is 2.00 bits per heavy atom. The molecule has 0 aromatic carbocycles. The number of hydrogen-bond donors (Lipinski definition) is 0. The van der Waals surface area contributed by atoms with Crippen LogP contribution < -0.4 is 0 Å². The summed E-state index contributed by atoms with van der Waals surface area (Å²) in [5.41, 5.74) is 0. The summed E-state index contributed by atoms with van der Waals surface area (Å²) in [5, 5.41) is 0. The molecule has 0 aliphatic heterocycles. The molecular weight excluding hydrogens is 247 g/mol. The quantitative estimate of drug-likeness (QED) is 0.381. The summed E-state index contributed by atoms with van der Waals surface area (Å²) in [5.74, 6) is 2.30. The molecule has 0 radical (unpaired) electrons. The molecule has 0 aromatic heterocycles. The fourth-order valence-electron chi connectivity index (χ4n) is 1.67. The molecule has 0 aliphatic carbocycles. The van der Waals surface area contributed by atoms with E-state index in [-0.39, 0.29) is 0 Å². The summed E-state index contributed by atoms with van der Waals surface area (Å²) in [6.45, 7) is 4.55. The van der Waals surface area contributed by atoms with Crippen molar-refractivity contribution in [2.24, 2.45) is 0 Å². The average molecular weight is 275 g/mol. The minimum absolute atomic E-state index is 0.736. The number of hydrogen-bond acceptors (Lipinski definition) is 0. The summed E-state index contributed by atoms with van der Waals surface area (Å²) in [6.07, 6.45) is 15.2. The van der Waals surface area contributed by atoms with Crippen LogP contribution >= 0.6 is 0 Å². The van der Waals surface area contributed by atoms with Gasteiger partial charge in [-0.1, -0.05) is 0 Å². The van der Waals surface area contributed by atoms with Gasteiger partial charge in [0, 0.05) is 0 Å². The van der Waals surface area contributed by atoms with Crippen LogP contribution in [-0.2, 0) is 0 Å². The van der Waals surface area contributed by atoms with Crippen molar-refractivity contribution in [1.82, 2.24) is 0 Å². The SMILES string of the molecule is CCCCCCCCCC/C=C(/C)[Se]C. The molecule has 0 heterocycles. The molecule has 0 N–H and O–H groups in total. The van der Waals surface area contributed by atoms with Crippen LogP contribution in [0.5, 0.6) is 0 Å². The van der Waals surface area contributed by atoms with E-state index in [1.807, 2.05) is 0 Å². The second kappa shape index (κ2) is 12.3. The fourth-order valence-corrected chi connectivity index (χ4v) is 2.26. The predicted octanol–water partition coefficient (Wildman–Crippen LogP) is 5.17. The van der Waals surface area contributed by atoms with Gasteiger partial charge < -0.3 is 0 Å². The van der Waals surface area contributed by atoms with Crippen LogP contribution in [0.25, 0.3) is 0 Å². The first-order valence-electron chi connectivity index (χ1n) is 6.52. The Morgan fingerprint density at radius 2 is 1.47 bits per heavy atom. The monoisotopic (exact) mass is 276 g/mol. The Morgan fingerprint density at radius 1 is 0.933 bits per heavy atom. The summed E-state index contributed by atoms with van der Waals surface area (Å²) < 4.78 is 1.62. The van der Waals surface area contributed by atoms with Crippen molar-refractivity contribution in [2.75, 3.05) is 0 Å². The minimum atomic E-state index is 0.736. The molecule has 0 aliphatic rings. The van der Waals surface area contributed by atoms with Crippen LogP contribution in [0.15, 0.2) is 10.5 Å². The van der Waals surface area contributed by atoms with Crippen LogP contribution in [0.3, 0.4) is 0 Å². The van der Waals surface area contributed by atoms with Crippen molar-refractivity contribution in [2.45, 2.75) is 77.5 Å². The molecule has 0 saturated heterocycles. The maximum atomic E-state index is 2.44. The van der Waals surface area contributed by atoms with Crippen molar-refractivity contribution in [3.05, 3.63) is 10.5 Å². The molecule has 0 atom stereocenters. The molecule has 0 spiro atoms. The van der Waals surface area contributed by atoms with Gasteiger partial charge >= 0.3 is 103 Å². The number of allylic oxidation sites excluding steroid dienone is 2. The van der Waals surface area contributed by atoms with Gasteiger partial charge in [0.25, 0.3) is 0 Å². The van der Waals surface area contributed by atoms with Crippen LogP contribution in [-0.4, -0.2) is 15.0 Å². The third kappa shape index (κ3) is 12.2. The Labute approximate surface area is 103 Å². The number of unbranched alkanes of at least 4 members (excludes halogenated alkanes) is 8. The third-order valence-electron chi connectivity index (χ3n) is 2.81. The van der Waals surface area contributed by atoms with E-state index in [9.17, 15) is 0 Å². The Bertz CT molecular complexity index is 149. The maximum absolute atomic E-state index is 2.44. The van der Waals surface area contributed by atoms with Crippen molar-refractivity contribution in [1.29, 1.82) is 0 Å². The van der Waals surface area contributed by atoms with Gasteiger partial charge in [-0.05, 0) is 0 Å². The fraction of sp³-hybridized carbons (Fsp3) is 0.857. The van der Waals surface area contributed by atoms with Crippen LogP contribution in [0, 0.1) is 0 Å². The molecule has 0 fully saturated rings. The van der Waals surface area contributed by atoms with E-state index in [1.54, 1.807) is 4.47 Å². The first kappa shape index (κ1) is 15.3. The van der Waals surface area contributed by atoms with E-state index >= 15 is 0 Å². The summed E-state index contributed by atoms with van der Waals surface area (Å²) in [7, 11) is 0. The summed E-state index contributed by atoms with van der Waals surface area (Å²) in [4.78, 5) is 0. The van der Waals surface area contributed by atoms with Gasteiger partial charge in [-0.3, -0.25) is 0 Å². The molecular formula is C14H28Se. The van der Waals surface area contributed by atoms with E-state index < -0.39 is 0 Å². The second-order valence-electron chi connectivity index (χ2n) is 4.28. The zero-order valence-electron chi connectivity index (χ0n) is 10.8. The van der Waals surface area contributed by atoms with E-state index in [1.165, 1.54) is 57.8 Å². The molecule has 0 nitrogen and oxygen atoms in total. The van der Waals surface area contributed by atoms with Crippen LogP contribution in [0.2, 0.25) is 5.82 Å². The van der Waals surface area contributed by atoms with Gasteiger partial charge in [0.2, 0.25) is 0 Å². The Hall–Kier alpha value is 0.259. The first-order valence-corrected chi connectivity index (χ1v) is 9.09.